The van der Waals surface area contributed by atoms with E-state index in [0.29, 0.717) is 27.5 Å². The van der Waals surface area contributed by atoms with Crippen LogP contribution >= 0.6 is 0 Å². The Morgan fingerprint density at radius 2 is 0.936 bits per heavy atom. The molecule has 0 unspecified atom stereocenters. The number of benzene rings is 9. The van der Waals surface area contributed by atoms with Crippen molar-refractivity contribution < 1.29 is 31.8 Å². The molecule has 47 heavy (non-hydrogen) atoms. The summed E-state index contributed by atoms with van der Waals surface area (Å²) in [5.41, 5.74) is -0.621. The van der Waals surface area contributed by atoms with Crippen molar-refractivity contribution in [2.75, 3.05) is 0 Å². The van der Waals surface area contributed by atoms with Crippen molar-refractivity contribution in [1.29, 1.82) is 0 Å². The minimum Gasteiger partial charge on any atom is -0.456 e. The third kappa shape index (κ3) is 3.97. The Balaban J connectivity index is 1.57. The third-order valence-corrected chi connectivity index (χ3v) is 8.37. The van der Waals surface area contributed by atoms with Gasteiger partial charge in [0.05, 0.1) is 27.4 Å². The molecule has 10 rings (SSSR count). The fraction of sp³-hybridized carbons (Fsp3) is 0. The minimum absolute atomic E-state index is 0.0265. The third-order valence-electron chi connectivity index (χ3n) is 8.37. The summed E-state index contributed by atoms with van der Waals surface area (Å²) in [4.78, 5) is 0. The highest BCUT2D eigenvalue weighted by atomic mass is 16.3. The van der Waals surface area contributed by atoms with Gasteiger partial charge in [0.2, 0.25) is 0 Å². The van der Waals surface area contributed by atoms with Gasteiger partial charge in [-0.2, -0.15) is 0 Å². The molecule has 0 bridgehead atoms. The molecule has 0 amide bonds. The summed E-state index contributed by atoms with van der Waals surface area (Å²) >= 11 is 0. The summed E-state index contributed by atoms with van der Waals surface area (Å²) in [5.74, 6) is 0. The van der Waals surface area contributed by atoms with Crippen LogP contribution in [-0.4, -0.2) is 0 Å². The monoisotopic (exact) mass is 616 g/mol. The molecule has 0 atom stereocenters. The van der Waals surface area contributed by atoms with Crippen LogP contribution in [0.1, 0.15) is 27.4 Å². The highest BCUT2D eigenvalue weighted by Crippen LogP contribution is 2.47. The Morgan fingerprint density at radius 3 is 1.64 bits per heavy atom. The molecule has 0 saturated heterocycles. The first-order chi connectivity index (χ1) is 31.6. The number of rotatable bonds is 3. The SMILES string of the molecule is [2H]c1c([2H])c([2H])c2c(-c3c4c([2H])cc(-c5ccc6oc7ccccc7c6c5)c([2H])c4c(-c4c([2H])c([2H])c([2H])c5c([2H])c([2H])c([2H])c([2H])c45)c4c([2H])c([2H])c([2H])c([2H])c34)c([2H])c([2H])c([2H])c2c1[2H]. The van der Waals surface area contributed by atoms with E-state index in [0.717, 1.165) is 0 Å². The largest absolute Gasteiger partial charge is 0.456 e. The topological polar surface area (TPSA) is 13.1 Å². The molecule has 0 aliphatic heterocycles. The number of hydrogen-bond acceptors (Lipinski definition) is 1. The zero-order valence-corrected chi connectivity index (χ0v) is 24.0. The maximum Gasteiger partial charge on any atom is 0.135 e. The number of hydrogen-bond donors (Lipinski definition) is 0. The fourth-order valence-corrected chi connectivity index (χ4v) is 6.32. The summed E-state index contributed by atoms with van der Waals surface area (Å²) < 4.78 is 188. The maximum absolute atomic E-state index is 10.2. The van der Waals surface area contributed by atoms with E-state index >= 15 is 0 Å². The highest BCUT2D eigenvalue weighted by Gasteiger charge is 2.20. The van der Waals surface area contributed by atoms with Crippen molar-refractivity contribution in [2.24, 2.45) is 0 Å². The molecule has 10 aromatic rings. The number of fused-ring (bicyclic) bond motifs is 7. The van der Waals surface area contributed by atoms with Crippen LogP contribution in [0.2, 0.25) is 0 Å². The first kappa shape index (κ1) is 13.3. The second-order valence-electron chi connectivity index (χ2n) is 10.9. The molecule has 0 saturated carbocycles. The van der Waals surface area contributed by atoms with Gasteiger partial charge < -0.3 is 4.42 Å². The molecule has 1 nitrogen and oxygen atoms in total. The van der Waals surface area contributed by atoms with E-state index in [1.807, 2.05) is 6.07 Å². The zero-order chi connectivity index (χ0) is 48.3. The van der Waals surface area contributed by atoms with Crippen LogP contribution in [0, 0.1) is 0 Å². The lowest BCUT2D eigenvalue weighted by Gasteiger charge is -2.20. The van der Waals surface area contributed by atoms with E-state index in [2.05, 4.69) is 0 Å². The van der Waals surface area contributed by atoms with Crippen LogP contribution in [0.4, 0.5) is 0 Å². The summed E-state index contributed by atoms with van der Waals surface area (Å²) in [6.45, 7) is 0. The molecular weight excluding hydrogens is 569 g/mol. The average Bonchev–Trinajstić information content (AvgIpc) is 3.69. The Morgan fingerprint density at radius 1 is 0.383 bits per heavy atom. The Kier molecular flexibility index (Phi) is 2.87. The minimum atomic E-state index is -0.864. The van der Waals surface area contributed by atoms with Gasteiger partial charge >= 0.3 is 0 Å². The van der Waals surface area contributed by atoms with E-state index in [-0.39, 0.29) is 5.56 Å². The van der Waals surface area contributed by atoms with Gasteiger partial charge in [-0.3, -0.25) is 0 Å². The van der Waals surface area contributed by atoms with Crippen LogP contribution in [-0.2, 0) is 0 Å². The molecule has 0 N–H and O–H groups in total. The van der Waals surface area contributed by atoms with Crippen LogP contribution in [0.15, 0.2) is 174 Å². The summed E-state index contributed by atoms with van der Waals surface area (Å²) in [5, 5.41) is -2.57. The van der Waals surface area contributed by atoms with Gasteiger partial charge in [0.1, 0.15) is 11.2 Å². The quantitative estimate of drug-likeness (QED) is 0.180. The molecule has 1 aromatic heterocycles. The standard InChI is InChI=1S/C46H28O/c1-3-15-33-29(11-1)13-9-20-36(33)45-38-18-5-6-19-39(38)46(37-21-10-14-30-12-2-4-16-34(30)37)42-28-31(23-25-40(42)45)32-24-26-44-41(27-32)35-17-7-8-22-43(35)47-44/h1-28H/i1D,2D,3D,4D,5D,6D,9D,10D,11D,12D,13D,14D,15D,16D,18D,19D,20D,21D,25D,28D. The van der Waals surface area contributed by atoms with Crippen molar-refractivity contribution >= 4 is 65.0 Å². The molecule has 9 aromatic carbocycles. The summed E-state index contributed by atoms with van der Waals surface area (Å²) in [6, 6.07) is -2.05. The molecule has 0 aliphatic rings. The van der Waals surface area contributed by atoms with Crippen LogP contribution in [0.5, 0.6) is 0 Å². The van der Waals surface area contributed by atoms with Gasteiger partial charge in [0.25, 0.3) is 0 Å². The Hall–Kier alpha value is -6.18. The van der Waals surface area contributed by atoms with Gasteiger partial charge in [0.15, 0.2) is 0 Å². The molecular formula is C46H28O. The first-order valence-electron chi connectivity index (χ1n) is 24.6. The lowest BCUT2D eigenvalue weighted by atomic mass is 9.83. The predicted molar refractivity (Wildman–Crippen MR) is 200 cm³/mol. The van der Waals surface area contributed by atoms with Gasteiger partial charge in [-0.25, -0.2) is 0 Å². The molecule has 1 heteroatoms. The number of para-hydroxylation sites is 1. The molecule has 0 aliphatic carbocycles. The van der Waals surface area contributed by atoms with Crippen LogP contribution in [0.3, 0.4) is 0 Å². The van der Waals surface area contributed by atoms with E-state index in [1.165, 1.54) is 6.07 Å². The van der Waals surface area contributed by atoms with Crippen molar-refractivity contribution in [3.05, 3.63) is 169 Å². The molecule has 0 radical (unpaired) electrons. The number of furan rings is 1. The van der Waals surface area contributed by atoms with Crippen LogP contribution < -0.4 is 0 Å². The second-order valence-corrected chi connectivity index (χ2v) is 10.9. The second kappa shape index (κ2) is 10.2. The highest BCUT2D eigenvalue weighted by molar-refractivity contribution is 6.25. The molecule has 218 valence electrons. The van der Waals surface area contributed by atoms with Gasteiger partial charge in [-0.15, -0.1) is 0 Å². The molecule has 1 heterocycles. The summed E-state index contributed by atoms with van der Waals surface area (Å²) in [6.07, 6.45) is 0. The average molecular weight is 617 g/mol. The summed E-state index contributed by atoms with van der Waals surface area (Å²) in [7, 11) is 0. The van der Waals surface area contributed by atoms with Crippen molar-refractivity contribution in [3.63, 3.8) is 0 Å². The molecule has 0 spiro atoms. The van der Waals surface area contributed by atoms with Crippen molar-refractivity contribution in [2.45, 2.75) is 0 Å². The Labute approximate surface area is 300 Å². The van der Waals surface area contributed by atoms with Gasteiger partial charge in [0, 0.05) is 10.8 Å². The van der Waals surface area contributed by atoms with E-state index in [1.54, 1.807) is 36.4 Å². The molecule has 0 fully saturated rings. The van der Waals surface area contributed by atoms with Gasteiger partial charge in [-0.05, 0) is 101 Å². The van der Waals surface area contributed by atoms with Crippen molar-refractivity contribution in [1.82, 2.24) is 0 Å². The lowest BCUT2D eigenvalue weighted by Crippen LogP contribution is -1.93. The van der Waals surface area contributed by atoms with Gasteiger partial charge in [-0.1, -0.05) is 145 Å². The van der Waals surface area contributed by atoms with Crippen LogP contribution in [0.25, 0.3) is 98.4 Å². The fourth-order valence-electron chi connectivity index (χ4n) is 6.32. The lowest BCUT2D eigenvalue weighted by molar-refractivity contribution is 0.669. The van der Waals surface area contributed by atoms with E-state index < -0.39 is 186 Å². The first-order valence-corrected chi connectivity index (χ1v) is 14.6. The van der Waals surface area contributed by atoms with E-state index in [4.69, 9.17) is 22.2 Å². The normalized spacial score (nSPS) is 17.8. The van der Waals surface area contributed by atoms with E-state index in [9.17, 15) is 9.60 Å². The maximum atomic E-state index is 10.2. The Bertz CT molecular complexity index is 3970. The van der Waals surface area contributed by atoms with Crippen molar-refractivity contribution in [3.8, 4) is 33.4 Å². The zero-order valence-electron chi connectivity index (χ0n) is 44.0. The smallest absolute Gasteiger partial charge is 0.135 e. The predicted octanol–water partition coefficient (Wildman–Crippen LogP) is 13.2.